The molecule has 3 saturated carbocycles. The molecule has 0 aromatic carbocycles. The predicted molar refractivity (Wildman–Crippen MR) is 172 cm³/mol. The van der Waals surface area contributed by atoms with E-state index < -0.39 is 11.6 Å². The fraction of sp³-hybridized carbons (Fsp3) is 0.842. The van der Waals surface area contributed by atoms with Gasteiger partial charge in [-0.05, 0) is 131 Å². The topological polar surface area (TPSA) is 52.6 Å². The molecule has 8 unspecified atom stereocenters. The smallest absolute Gasteiger partial charge is 0.314 e. The molecule has 4 rings (SSSR count). The molecule has 4 nitrogen and oxygen atoms in total. The molecule has 8 atom stereocenters. The Hall–Kier alpha value is -1.42. The lowest BCUT2D eigenvalue weighted by atomic mass is 9.47. The van der Waals surface area contributed by atoms with Gasteiger partial charge in [0.1, 0.15) is 12.0 Å². The third-order valence-electron chi connectivity index (χ3n) is 11.9. The molecular formula is C38H62O4. The van der Waals surface area contributed by atoms with Crippen molar-refractivity contribution in [2.45, 2.75) is 151 Å². The van der Waals surface area contributed by atoms with Gasteiger partial charge >= 0.3 is 5.97 Å². The van der Waals surface area contributed by atoms with Gasteiger partial charge in [-0.25, -0.2) is 0 Å². The molecule has 0 radical (unpaired) electrons. The molecule has 4 aliphatic carbocycles. The third-order valence-corrected chi connectivity index (χ3v) is 11.9. The van der Waals surface area contributed by atoms with Gasteiger partial charge in [-0.1, -0.05) is 71.6 Å². The van der Waals surface area contributed by atoms with Crippen LogP contribution in [0.15, 0.2) is 23.8 Å². The molecular weight excluding hydrogens is 520 g/mol. The largest absolute Gasteiger partial charge is 0.460 e. The van der Waals surface area contributed by atoms with Crippen LogP contribution in [0.1, 0.15) is 139 Å². The summed E-state index contributed by atoms with van der Waals surface area (Å²) >= 11 is 0. The molecule has 0 aromatic rings. The summed E-state index contributed by atoms with van der Waals surface area (Å²) in [5.74, 6) is 4.54. The van der Waals surface area contributed by atoms with Crippen molar-refractivity contribution in [3.8, 4) is 0 Å². The van der Waals surface area contributed by atoms with Crippen LogP contribution in [0.25, 0.3) is 0 Å². The summed E-state index contributed by atoms with van der Waals surface area (Å²) in [7, 11) is 0. The maximum atomic E-state index is 12.1. The van der Waals surface area contributed by atoms with Crippen LogP contribution >= 0.6 is 0 Å². The molecule has 0 spiro atoms. The molecule has 0 N–H and O–H groups in total. The first-order valence-corrected chi connectivity index (χ1v) is 17.4. The molecule has 0 aliphatic heterocycles. The maximum Gasteiger partial charge on any atom is 0.314 e. The quantitative estimate of drug-likeness (QED) is 0.0756. The minimum Gasteiger partial charge on any atom is -0.460 e. The van der Waals surface area contributed by atoms with Crippen LogP contribution in [0.2, 0.25) is 0 Å². The van der Waals surface area contributed by atoms with E-state index in [9.17, 15) is 9.59 Å². The maximum absolute atomic E-state index is 12.1. The number of fused-ring (bicyclic) bond motifs is 5. The van der Waals surface area contributed by atoms with Gasteiger partial charge in [0.2, 0.25) is 0 Å². The van der Waals surface area contributed by atoms with E-state index in [1.165, 1.54) is 63.9 Å². The molecule has 3 fully saturated rings. The Balaban J connectivity index is 1.26. The lowest BCUT2D eigenvalue weighted by molar-refractivity contribution is -0.155. The summed E-state index contributed by atoms with van der Waals surface area (Å²) < 4.78 is 11.6. The summed E-state index contributed by atoms with van der Waals surface area (Å²) in [6.45, 7) is 18.6. The molecule has 4 aliphatic rings. The van der Waals surface area contributed by atoms with Crippen LogP contribution in [0.5, 0.6) is 0 Å². The summed E-state index contributed by atoms with van der Waals surface area (Å²) in [5.41, 5.74) is 1.99. The lowest BCUT2D eigenvalue weighted by Crippen LogP contribution is -2.51. The SMILES string of the molecule is CC(C)CCCC(C)C1CCC2C3CC=C4CC(OCC/C=C/C(=O)CC(=O)OC(C)(C)C)CCC4(C)C3CCC12C. The standard InChI is InChI=1S/C38H62O4/c1-26(2)12-11-13-27(3)32-17-18-33-31-16-15-28-24-30(19-21-37(28,7)34(31)20-22-38(32,33)8)41-23-10-9-14-29(39)25-35(40)42-36(4,5)6/h9,14-15,26-27,30-34H,10-13,16-25H2,1-8H3/b14-9+. The number of rotatable bonds is 12. The summed E-state index contributed by atoms with van der Waals surface area (Å²) in [4.78, 5) is 23.9. The molecule has 0 aromatic heterocycles. The Kier molecular flexibility index (Phi) is 10.9. The highest BCUT2D eigenvalue weighted by Gasteiger charge is 2.59. The zero-order valence-corrected chi connectivity index (χ0v) is 28.3. The molecule has 238 valence electrons. The van der Waals surface area contributed by atoms with E-state index in [2.05, 4.69) is 40.7 Å². The molecule has 42 heavy (non-hydrogen) atoms. The third kappa shape index (κ3) is 7.80. The van der Waals surface area contributed by atoms with Crippen LogP contribution in [-0.4, -0.2) is 30.1 Å². The van der Waals surface area contributed by atoms with Crippen LogP contribution in [0.4, 0.5) is 0 Å². The predicted octanol–water partition coefficient (Wildman–Crippen LogP) is 9.66. The van der Waals surface area contributed by atoms with E-state index in [0.29, 0.717) is 23.9 Å². The lowest BCUT2D eigenvalue weighted by Gasteiger charge is -2.58. The van der Waals surface area contributed by atoms with Crippen molar-refractivity contribution >= 4 is 11.8 Å². The van der Waals surface area contributed by atoms with Crippen LogP contribution < -0.4 is 0 Å². The number of ketones is 1. The van der Waals surface area contributed by atoms with Gasteiger partial charge in [0.15, 0.2) is 5.78 Å². The number of carbonyl (C=O) groups excluding carboxylic acids is 2. The number of carbonyl (C=O) groups is 2. The Morgan fingerprint density at radius 1 is 1.02 bits per heavy atom. The fourth-order valence-electron chi connectivity index (χ4n) is 9.89. The van der Waals surface area contributed by atoms with Gasteiger partial charge in [0, 0.05) is 0 Å². The van der Waals surface area contributed by atoms with E-state index >= 15 is 0 Å². The average molecular weight is 583 g/mol. The van der Waals surface area contributed by atoms with Gasteiger partial charge in [-0.2, -0.15) is 0 Å². The zero-order valence-electron chi connectivity index (χ0n) is 28.3. The number of allylic oxidation sites excluding steroid dienone is 2. The van der Waals surface area contributed by atoms with Gasteiger partial charge in [-0.15, -0.1) is 0 Å². The summed E-state index contributed by atoms with van der Waals surface area (Å²) in [6, 6.07) is 0. The van der Waals surface area contributed by atoms with Crippen molar-refractivity contribution in [3.05, 3.63) is 23.8 Å². The normalized spacial score (nSPS) is 35.4. The average Bonchev–Trinajstić information content (AvgIpc) is 3.24. The number of hydrogen-bond donors (Lipinski definition) is 0. The van der Waals surface area contributed by atoms with E-state index in [1.54, 1.807) is 5.57 Å². The highest BCUT2D eigenvalue weighted by Crippen LogP contribution is 2.67. The minimum absolute atomic E-state index is 0.204. The van der Waals surface area contributed by atoms with E-state index in [4.69, 9.17) is 9.47 Å². The summed E-state index contributed by atoms with van der Waals surface area (Å²) in [5, 5.41) is 0. The Bertz CT molecular complexity index is 1000. The van der Waals surface area contributed by atoms with Gasteiger partial charge in [-0.3, -0.25) is 9.59 Å². The first-order valence-electron chi connectivity index (χ1n) is 17.4. The fourth-order valence-corrected chi connectivity index (χ4v) is 9.89. The van der Waals surface area contributed by atoms with Crippen molar-refractivity contribution in [1.82, 2.24) is 0 Å². The Morgan fingerprint density at radius 3 is 2.50 bits per heavy atom. The van der Waals surface area contributed by atoms with Crippen LogP contribution in [-0.2, 0) is 19.1 Å². The van der Waals surface area contributed by atoms with Gasteiger partial charge in [0.05, 0.1) is 12.7 Å². The molecule has 0 bridgehead atoms. The highest BCUT2D eigenvalue weighted by molar-refractivity contribution is 6.01. The molecule has 0 heterocycles. The van der Waals surface area contributed by atoms with E-state index in [0.717, 1.165) is 48.3 Å². The Morgan fingerprint density at radius 2 is 1.79 bits per heavy atom. The molecule has 0 amide bonds. The number of hydrogen-bond acceptors (Lipinski definition) is 4. The van der Waals surface area contributed by atoms with Crippen molar-refractivity contribution < 1.29 is 19.1 Å². The Labute approximate surface area is 257 Å². The van der Waals surface area contributed by atoms with Gasteiger partial charge in [0.25, 0.3) is 0 Å². The van der Waals surface area contributed by atoms with Crippen LogP contribution in [0, 0.1) is 46.3 Å². The zero-order chi connectivity index (χ0) is 30.7. The second-order valence-corrected chi connectivity index (χ2v) is 16.4. The van der Waals surface area contributed by atoms with E-state index in [-0.39, 0.29) is 18.3 Å². The van der Waals surface area contributed by atoms with Crippen molar-refractivity contribution in [1.29, 1.82) is 0 Å². The molecule has 0 saturated heterocycles. The molecule has 4 heteroatoms. The second kappa shape index (κ2) is 13.7. The van der Waals surface area contributed by atoms with E-state index in [1.807, 2.05) is 26.8 Å². The summed E-state index contributed by atoms with van der Waals surface area (Å²) in [6.07, 6.45) is 21.4. The first kappa shape index (κ1) is 33.5. The van der Waals surface area contributed by atoms with Crippen molar-refractivity contribution in [2.24, 2.45) is 46.3 Å². The second-order valence-electron chi connectivity index (χ2n) is 16.4. The highest BCUT2D eigenvalue weighted by atomic mass is 16.6. The minimum atomic E-state index is -0.567. The van der Waals surface area contributed by atoms with Crippen molar-refractivity contribution in [3.63, 3.8) is 0 Å². The van der Waals surface area contributed by atoms with Crippen molar-refractivity contribution in [2.75, 3.05) is 6.61 Å². The first-order chi connectivity index (χ1) is 19.7. The monoisotopic (exact) mass is 582 g/mol. The van der Waals surface area contributed by atoms with Crippen LogP contribution in [0.3, 0.4) is 0 Å². The van der Waals surface area contributed by atoms with Gasteiger partial charge < -0.3 is 9.47 Å². The number of ether oxygens (including phenoxy) is 2. The number of esters is 1.